The number of unbranched alkanes of at least 4 members (excludes halogenated alkanes) is 3. The molecule has 0 aliphatic carbocycles. The largest absolute Gasteiger partial charge is 0.489 e. The van der Waals surface area contributed by atoms with E-state index in [2.05, 4.69) is 47.9 Å². The van der Waals surface area contributed by atoms with Gasteiger partial charge in [0, 0.05) is 37.2 Å². The number of ether oxygens (including phenoxy) is 4. The highest BCUT2D eigenvalue weighted by molar-refractivity contribution is 5.99. The fraction of sp³-hybridized carbons (Fsp3) is 0.500. The molecule has 56 heavy (non-hydrogen) atoms. The smallest absolute Gasteiger partial charge is 0.407 e. The standard InChI is InChI=1S/C35H49N3O7.C9H12.C2H6/c1-27(39)25-38-31-16-15-30(44-26-28-13-8-7-9-14-28)23-29(31)24-32(38)33(40)36-17-10-5-6-11-19-42-21-22-43-20-12-18-37-34(41)45-35(2,3)4;1-2-6-9-7-4-3-5-8-9;1-2/h7-9,13-16,23-24H,5-6,10-12,17-22,25-26H2,1-4H3,(H,36,40)(H,37,41);3-5,7-8H,2,6H2,1H3;1-2H3. The Morgan fingerprint density at radius 3 is 1.93 bits per heavy atom. The average molecular weight is 774 g/mol. The molecule has 1 heterocycles. The molecule has 0 fully saturated rings. The quantitative estimate of drug-likeness (QED) is 0.0764. The van der Waals surface area contributed by atoms with Crippen molar-refractivity contribution >= 4 is 28.7 Å². The van der Waals surface area contributed by atoms with Crippen LogP contribution < -0.4 is 15.4 Å². The molecule has 308 valence electrons. The first kappa shape index (κ1) is 47.5. The van der Waals surface area contributed by atoms with Gasteiger partial charge in [0.15, 0.2) is 0 Å². The zero-order chi connectivity index (χ0) is 41.0. The maximum atomic E-state index is 13.1. The van der Waals surface area contributed by atoms with E-state index in [0.717, 1.165) is 42.1 Å². The van der Waals surface area contributed by atoms with Gasteiger partial charge in [0.1, 0.15) is 29.4 Å². The summed E-state index contributed by atoms with van der Waals surface area (Å²) in [6.07, 6.45) is 6.52. The summed E-state index contributed by atoms with van der Waals surface area (Å²) < 4.78 is 24.1. The van der Waals surface area contributed by atoms with Gasteiger partial charge in [-0.15, -0.1) is 0 Å². The molecule has 0 bridgehead atoms. The molecule has 0 aliphatic rings. The second-order valence-corrected chi connectivity index (χ2v) is 14.2. The lowest BCUT2D eigenvalue weighted by Gasteiger charge is -2.19. The predicted molar refractivity (Wildman–Crippen MR) is 226 cm³/mol. The summed E-state index contributed by atoms with van der Waals surface area (Å²) in [5, 5.41) is 6.57. The number of fused-ring (bicyclic) bond motifs is 1. The highest BCUT2D eigenvalue weighted by Gasteiger charge is 2.17. The van der Waals surface area contributed by atoms with Gasteiger partial charge in [0.25, 0.3) is 5.91 Å². The van der Waals surface area contributed by atoms with E-state index in [-0.39, 0.29) is 18.2 Å². The zero-order valence-electron chi connectivity index (χ0n) is 35.0. The minimum atomic E-state index is -0.500. The molecule has 0 spiro atoms. The first-order chi connectivity index (χ1) is 27.1. The summed E-state index contributed by atoms with van der Waals surface area (Å²) in [7, 11) is 0. The number of nitrogens with zero attached hydrogens (tertiary/aromatic N) is 1. The Morgan fingerprint density at radius 2 is 1.30 bits per heavy atom. The molecular weight excluding hydrogens is 707 g/mol. The van der Waals surface area contributed by atoms with Crippen molar-refractivity contribution in [2.75, 3.05) is 39.5 Å². The van der Waals surface area contributed by atoms with Gasteiger partial charge in [-0.25, -0.2) is 4.79 Å². The van der Waals surface area contributed by atoms with Crippen molar-refractivity contribution in [3.05, 3.63) is 102 Å². The summed E-state index contributed by atoms with van der Waals surface area (Å²) in [6, 6.07) is 28.0. The minimum Gasteiger partial charge on any atom is -0.489 e. The van der Waals surface area contributed by atoms with Crippen LogP contribution in [0, 0.1) is 0 Å². The number of aryl methyl sites for hydroxylation is 1. The molecule has 10 heteroatoms. The number of hydrogen-bond acceptors (Lipinski definition) is 7. The highest BCUT2D eigenvalue weighted by atomic mass is 16.6. The molecule has 4 rings (SSSR count). The van der Waals surface area contributed by atoms with Crippen LogP contribution in [0.1, 0.15) is 109 Å². The molecule has 0 radical (unpaired) electrons. The number of amides is 2. The SMILES string of the molecule is CC.CC(=O)Cn1c(C(=O)NCCCCCCOCCOCCCNC(=O)OC(C)(C)C)cc2cc(OCc3ccccc3)ccc21.CCCc1ccccc1. The van der Waals surface area contributed by atoms with E-state index < -0.39 is 11.7 Å². The Balaban J connectivity index is 0.000000852. The summed E-state index contributed by atoms with van der Waals surface area (Å²) in [4.78, 5) is 36.7. The van der Waals surface area contributed by atoms with Gasteiger partial charge in [-0.1, -0.05) is 101 Å². The van der Waals surface area contributed by atoms with E-state index in [1.54, 1.807) is 4.57 Å². The number of aromatic nitrogens is 1. The van der Waals surface area contributed by atoms with Crippen LogP contribution in [-0.4, -0.2) is 67.5 Å². The summed E-state index contributed by atoms with van der Waals surface area (Å²) in [6.45, 7) is 17.1. The predicted octanol–water partition coefficient (Wildman–Crippen LogP) is 9.71. The van der Waals surface area contributed by atoms with Crippen LogP contribution in [0.25, 0.3) is 10.9 Å². The van der Waals surface area contributed by atoms with Gasteiger partial charge in [-0.05, 0) is 88.8 Å². The number of alkyl carbamates (subject to hydrolysis) is 1. The second-order valence-electron chi connectivity index (χ2n) is 14.2. The molecule has 0 saturated heterocycles. The molecule has 10 nitrogen and oxygen atoms in total. The third-order valence-electron chi connectivity index (χ3n) is 8.12. The third kappa shape index (κ3) is 20.3. The van der Waals surface area contributed by atoms with Gasteiger partial charge in [0.2, 0.25) is 0 Å². The first-order valence-corrected chi connectivity index (χ1v) is 20.3. The fourth-order valence-electron chi connectivity index (χ4n) is 5.57. The average Bonchev–Trinajstić information content (AvgIpc) is 3.53. The number of carbonyl (C=O) groups excluding carboxylic acids is 3. The monoisotopic (exact) mass is 773 g/mol. The molecule has 0 unspecified atom stereocenters. The molecule has 2 amide bonds. The van der Waals surface area contributed by atoms with Gasteiger partial charge in [-0.3, -0.25) is 9.59 Å². The number of benzene rings is 3. The van der Waals surface area contributed by atoms with E-state index in [0.29, 0.717) is 64.0 Å². The van der Waals surface area contributed by atoms with Crippen molar-refractivity contribution in [1.82, 2.24) is 15.2 Å². The van der Waals surface area contributed by atoms with Crippen molar-refractivity contribution < 1.29 is 33.3 Å². The lowest BCUT2D eigenvalue weighted by Crippen LogP contribution is -2.33. The normalized spacial score (nSPS) is 10.8. The van der Waals surface area contributed by atoms with Crippen LogP contribution in [0.4, 0.5) is 4.79 Å². The Labute approximate surface area is 335 Å². The maximum absolute atomic E-state index is 13.1. The number of rotatable bonds is 22. The summed E-state index contributed by atoms with van der Waals surface area (Å²) in [5.74, 6) is 0.495. The maximum Gasteiger partial charge on any atom is 0.407 e. The highest BCUT2D eigenvalue weighted by Crippen LogP contribution is 2.26. The Hall–Kier alpha value is -4.67. The van der Waals surface area contributed by atoms with E-state index in [1.807, 2.05) is 89.2 Å². The van der Waals surface area contributed by atoms with Crippen LogP contribution >= 0.6 is 0 Å². The first-order valence-electron chi connectivity index (χ1n) is 20.3. The van der Waals surface area contributed by atoms with E-state index >= 15 is 0 Å². The fourth-order valence-corrected chi connectivity index (χ4v) is 5.57. The van der Waals surface area contributed by atoms with Crippen LogP contribution in [0.15, 0.2) is 84.9 Å². The molecular formula is C46H67N3O7. The van der Waals surface area contributed by atoms with E-state index in [9.17, 15) is 14.4 Å². The minimum absolute atomic E-state index is 0.0210. The Morgan fingerprint density at radius 1 is 0.696 bits per heavy atom. The Bertz CT molecular complexity index is 1670. The van der Waals surface area contributed by atoms with Crippen LogP contribution in [0.2, 0.25) is 0 Å². The van der Waals surface area contributed by atoms with Gasteiger partial charge >= 0.3 is 6.09 Å². The summed E-state index contributed by atoms with van der Waals surface area (Å²) in [5.41, 5.74) is 3.31. The van der Waals surface area contributed by atoms with Crippen molar-refractivity contribution in [2.24, 2.45) is 0 Å². The summed E-state index contributed by atoms with van der Waals surface area (Å²) >= 11 is 0. The number of hydrogen-bond donors (Lipinski definition) is 2. The van der Waals surface area contributed by atoms with Crippen molar-refractivity contribution in [1.29, 1.82) is 0 Å². The number of Topliss-reactive ketones (excluding diaryl/α,β-unsaturated/α-hetero) is 1. The molecule has 3 aromatic carbocycles. The van der Waals surface area contributed by atoms with Crippen molar-refractivity contribution in [3.63, 3.8) is 0 Å². The molecule has 2 N–H and O–H groups in total. The molecule has 1 aromatic heterocycles. The molecule has 0 saturated carbocycles. The lowest BCUT2D eigenvalue weighted by molar-refractivity contribution is -0.117. The number of nitrogens with one attached hydrogen (secondary N) is 2. The van der Waals surface area contributed by atoms with Gasteiger partial charge in [0.05, 0.1) is 19.8 Å². The van der Waals surface area contributed by atoms with E-state index in [1.165, 1.54) is 25.3 Å². The number of carbonyl (C=O) groups is 3. The Kier molecular flexibility index (Phi) is 23.6. The second kappa shape index (κ2) is 27.8. The van der Waals surface area contributed by atoms with Crippen LogP contribution in [-0.2, 0) is 38.6 Å². The molecule has 0 atom stereocenters. The van der Waals surface area contributed by atoms with Crippen molar-refractivity contribution in [3.8, 4) is 5.75 Å². The zero-order valence-corrected chi connectivity index (χ0v) is 35.0. The van der Waals surface area contributed by atoms with Gasteiger partial charge in [-0.2, -0.15) is 0 Å². The van der Waals surface area contributed by atoms with Crippen molar-refractivity contribution in [2.45, 2.75) is 112 Å². The lowest BCUT2D eigenvalue weighted by atomic mass is 10.1. The van der Waals surface area contributed by atoms with Gasteiger partial charge < -0.3 is 34.1 Å². The topological polar surface area (TPSA) is 117 Å². The number of ketones is 1. The third-order valence-corrected chi connectivity index (χ3v) is 8.12. The molecule has 4 aromatic rings. The van der Waals surface area contributed by atoms with Crippen LogP contribution in [0.5, 0.6) is 5.75 Å². The van der Waals surface area contributed by atoms with E-state index in [4.69, 9.17) is 18.9 Å². The van der Waals surface area contributed by atoms with Crippen LogP contribution in [0.3, 0.4) is 0 Å². The molecule has 0 aliphatic heterocycles.